The van der Waals surface area contributed by atoms with Gasteiger partial charge < -0.3 is 10.4 Å². The first-order valence-corrected chi connectivity index (χ1v) is 6.46. The van der Waals surface area contributed by atoms with Gasteiger partial charge in [-0.15, -0.1) is 0 Å². The summed E-state index contributed by atoms with van der Waals surface area (Å²) in [5, 5.41) is 11.2. The highest BCUT2D eigenvalue weighted by atomic mass is 79.9. The Morgan fingerprint density at radius 2 is 1.81 bits per heavy atom. The molecule has 0 heterocycles. The van der Waals surface area contributed by atoms with Crippen molar-refractivity contribution in [2.24, 2.45) is 0 Å². The van der Waals surface area contributed by atoms with Crippen molar-refractivity contribution in [3.8, 4) is 0 Å². The molecule has 4 nitrogen and oxygen atoms in total. The van der Waals surface area contributed by atoms with Gasteiger partial charge in [-0.05, 0) is 36.4 Å². The van der Waals surface area contributed by atoms with Gasteiger partial charge in [0.15, 0.2) is 0 Å². The lowest BCUT2D eigenvalue weighted by Crippen LogP contribution is -2.13. The highest BCUT2D eigenvalue weighted by molar-refractivity contribution is 9.10. The lowest BCUT2D eigenvalue weighted by atomic mass is 10.1. The van der Waals surface area contributed by atoms with Gasteiger partial charge in [0.25, 0.3) is 5.91 Å². The number of hydrogen-bond acceptors (Lipinski definition) is 2. The second-order valence-electron chi connectivity index (χ2n) is 4.11. The van der Waals surface area contributed by atoms with Crippen LogP contribution in [0.2, 0.25) is 0 Å². The fraction of sp³-hybridized carbons (Fsp3) is 0. The van der Waals surface area contributed by atoms with Crippen molar-refractivity contribution >= 4 is 33.5 Å². The largest absolute Gasteiger partial charge is 0.478 e. The number of carboxylic acid groups (broad SMARTS) is 1. The van der Waals surface area contributed by atoms with E-state index in [-0.39, 0.29) is 11.3 Å². The summed E-state index contributed by atoms with van der Waals surface area (Å²) < 4.78 is 26.8. The molecule has 0 fully saturated rings. The molecule has 108 valence electrons. The molecule has 0 atom stereocenters. The summed E-state index contributed by atoms with van der Waals surface area (Å²) in [5.41, 5.74) is -0.421. The second kappa shape index (κ2) is 6.01. The van der Waals surface area contributed by atoms with Crippen molar-refractivity contribution in [1.82, 2.24) is 0 Å². The number of anilines is 1. The Morgan fingerprint density at radius 1 is 1.10 bits per heavy atom. The third-order valence-corrected chi connectivity index (χ3v) is 3.04. The molecule has 1 amide bonds. The molecule has 2 aromatic rings. The summed E-state index contributed by atoms with van der Waals surface area (Å²) in [6.07, 6.45) is 0. The van der Waals surface area contributed by atoms with Crippen LogP contribution in [-0.4, -0.2) is 17.0 Å². The Kier molecular flexibility index (Phi) is 4.32. The lowest BCUT2D eigenvalue weighted by molar-refractivity contribution is 0.0691. The molecule has 2 aromatic carbocycles. The highest BCUT2D eigenvalue weighted by Crippen LogP contribution is 2.18. The van der Waals surface area contributed by atoms with E-state index in [2.05, 4.69) is 21.2 Å². The fourth-order valence-corrected chi connectivity index (χ4v) is 2.12. The minimum Gasteiger partial charge on any atom is -0.478 e. The van der Waals surface area contributed by atoms with Crippen molar-refractivity contribution < 1.29 is 23.5 Å². The summed E-state index contributed by atoms with van der Waals surface area (Å²) in [7, 11) is 0. The third-order valence-electron chi connectivity index (χ3n) is 2.58. The monoisotopic (exact) mass is 355 g/mol. The average molecular weight is 356 g/mol. The van der Waals surface area contributed by atoms with Gasteiger partial charge in [-0.1, -0.05) is 15.9 Å². The number of aromatic carboxylic acids is 1. The van der Waals surface area contributed by atoms with Gasteiger partial charge in [0, 0.05) is 15.7 Å². The maximum absolute atomic E-state index is 13.2. The number of halogens is 3. The molecule has 0 aliphatic carbocycles. The molecule has 2 N–H and O–H groups in total. The van der Waals surface area contributed by atoms with E-state index in [0.29, 0.717) is 4.47 Å². The van der Waals surface area contributed by atoms with Crippen LogP contribution < -0.4 is 5.32 Å². The first-order valence-electron chi connectivity index (χ1n) is 5.67. The van der Waals surface area contributed by atoms with Crippen molar-refractivity contribution in [3.63, 3.8) is 0 Å². The van der Waals surface area contributed by atoms with Crippen LogP contribution in [0.5, 0.6) is 0 Å². The van der Waals surface area contributed by atoms with E-state index in [1.54, 1.807) is 0 Å². The van der Waals surface area contributed by atoms with E-state index in [0.717, 1.165) is 18.2 Å². The van der Waals surface area contributed by atoms with E-state index in [1.807, 2.05) is 0 Å². The molecular weight excluding hydrogens is 348 g/mol. The van der Waals surface area contributed by atoms with Gasteiger partial charge >= 0.3 is 5.97 Å². The lowest BCUT2D eigenvalue weighted by Gasteiger charge is -2.07. The smallest absolute Gasteiger partial charge is 0.338 e. The standard InChI is InChI=1S/C14H8BrF2NO3/c15-8-3-7(4-9(16)5-8)13(19)18-10-1-2-12(17)11(6-10)14(20)21/h1-6H,(H,18,19)(H,20,21). The van der Waals surface area contributed by atoms with Crippen molar-refractivity contribution in [3.05, 3.63) is 63.6 Å². The molecule has 21 heavy (non-hydrogen) atoms. The van der Waals surface area contributed by atoms with Crippen LogP contribution in [0.25, 0.3) is 0 Å². The second-order valence-corrected chi connectivity index (χ2v) is 5.03. The molecule has 0 spiro atoms. The molecule has 0 aliphatic heterocycles. The zero-order valence-corrected chi connectivity index (χ0v) is 11.9. The third kappa shape index (κ3) is 3.63. The number of carbonyl (C=O) groups excluding carboxylic acids is 1. The molecule has 0 saturated carbocycles. The van der Waals surface area contributed by atoms with E-state index >= 15 is 0 Å². The van der Waals surface area contributed by atoms with Gasteiger partial charge in [0.1, 0.15) is 11.6 Å². The summed E-state index contributed by atoms with van der Waals surface area (Å²) in [4.78, 5) is 22.8. The highest BCUT2D eigenvalue weighted by Gasteiger charge is 2.13. The van der Waals surface area contributed by atoms with Gasteiger partial charge in [0.2, 0.25) is 0 Å². The molecule has 0 radical (unpaired) electrons. The normalized spacial score (nSPS) is 10.2. The molecule has 0 unspecified atom stereocenters. The van der Waals surface area contributed by atoms with Crippen LogP contribution in [0.3, 0.4) is 0 Å². The molecule has 0 aliphatic rings. The van der Waals surface area contributed by atoms with E-state index in [9.17, 15) is 18.4 Å². The number of benzene rings is 2. The van der Waals surface area contributed by atoms with Gasteiger partial charge in [-0.2, -0.15) is 0 Å². The van der Waals surface area contributed by atoms with E-state index in [4.69, 9.17) is 5.11 Å². The van der Waals surface area contributed by atoms with Gasteiger partial charge in [-0.25, -0.2) is 13.6 Å². The number of nitrogens with one attached hydrogen (secondary N) is 1. The maximum Gasteiger partial charge on any atom is 0.338 e. The SMILES string of the molecule is O=C(Nc1ccc(F)c(C(=O)O)c1)c1cc(F)cc(Br)c1. The van der Waals surface area contributed by atoms with Crippen LogP contribution in [-0.2, 0) is 0 Å². The Bertz CT molecular complexity index is 714. The fourth-order valence-electron chi connectivity index (χ4n) is 1.66. The Labute approximate surface area is 126 Å². The summed E-state index contributed by atoms with van der Waals surface area (Å²) >= 11 is 3.06. The van der Waals surface area contributed by atoms with E-state index in [1.165, 1.54) is 18.2 Å². The minimum atomic E-state index is -1.45. The first-order chi connectivity index (χ1) is 9.86. The van der Waals surface area contributed by atoms with Crippen molar-refractivity contribution in [2.45, 2.75) is 0 Å². The predicted molar refractivity (Wildman–Crippen MR) is 75.4 cm³/mol. The van der Waals surface area contributed by atoms with E-state index < -0.39 is 29.1 Å². The van der Waals surface area contributed by atoms with Crippen LogP contribution >= 0.6 is 15.9 Å². The summed E-state index contributed by atoms with van der Waals surface area (Å²) in [6, 6.07) is 6.76. The summed E-state index contributed by atoms with van der Waals surface area (Å²) in [6.45, 7) is 0. The maximum atomic E-state index is 13.2. The molecule has 0 saturated heterocycles. The Morgan fingerprint density at radius 3 is 2.43 bits per heavy atom. The molecular formula is C14H8BrF2NO3. The number of carbonyl (C=O) groups is 2. The van der Waals surface area contributed by atoms with Crippen LogP contribution in [0.4, 0.5) is 14.5 Å². The van der Waals surface area contributed by atoms with Crippen molar-refractivity contribution in [1.29, 1.82) is 0 Å². The zero-order chi connectivity index (χ0) is 15.6. The number of carboxylic acids is 1. The quantitative estimate of drug-likeness (QED) is 0.882. The topological polar surface area (TPSA) is 66.4 Å². The Hall–Kier alpha value is -2.28. The number of hydrogen-bond donors (Lipinski definition) is 2. The molecule has 7 heteroatoms. The van der Waals surface area contributed by atoms with Crippen LogP contribution in [0.1, 0.15) is 20.7 Å². The molecule has 2 rings (SSSR count). The average Bonchev–Trinajstić information content (AvgIpc) is 2.39. The van der Waals surface area contributed by atoms with Crippen molar-refractivity contribution in [2.75, 3.05) is 5.32 Å². The van der Waals surface area contributed by atoms with Gasteiger partial charge in [0.05, 0.1) is 5.56 Å². The summed E-state index contributed by atoms with van der Waals surface area (Å²) in [5.74, 6) is -3.59. The first kappa shape index (κ1) is 15.1. The minimum absolute atomic E-state index is 0.0445. The molecule has 0 aromatic heterocycles. The number of rotatable bonds is 3. The van der Waals surface area contributed by atoms with Crippen LogP contribution in [0, 0.1) is 11.6 Å². The Balaban J connectivity index is 2.27. The van der Waals surface area contributed by atoms with Crippen LogP contribution in [0.15, 0.2) is 40.9 Å². The predicted octanol–water partition coefficient (Wildman–Crippen LogP) is 3.68. The van der Waals surface area contributed by atoms with Gasteiger partial charge in [-0.3, -0.25) is 4.79 Å². The number of amides is 1. The zero-order valence-electron chi connectivity index (χ0n) is 10.4. The molecule has 0 bridgehead atoms.